The number of nitrogens with one attached hydrogen (secondary N) is 1. The van der Waals surface area contributed by atoms with Gasteiger partial charge in [-0.2, -0.15) is 0 Å². The number of hydrogen-bond donors (Lipinski definition) is 2. The van der Waals surface area contributed by atoms with Crippen LogP contribution in [0.25, 0.3) is 0 Å². The first-order chi connectivity index (χ1) is 12.9. The Labute approximate surface area is 158 Å². The van der Waals surface area contributed by atoms with E-state index in [9.17, 15) is 9.59 Å². The molecule has 8 heteroatoms. The number of amides is 2. The Morgan fingerprint density at radius 2 is 1.85 bits per heavy atom. The van der Waals surface area contributed by atoms with Crippen LogP contribution in [0.3, 0.4) is 0 Å². The molecule has 1 aromatic heterocycles. The van der Waals surface area contributed by atoms with Crippen molar-refractivity contribution in [1.82, 2.24) is 15.0 Å². The van der Waals surface area contributed by atoms with E-state index >= 15 is 0 Å². The maximum Gasteiger partial charge on any atom is 0.244 e. The molecule has 1 atom stereocenters. The van der Waals surface area contributed by atoms with Crippen LogP contribution in [-0.4, -0.2) is 59.5 Å². The number of carbonyl (C=O) groups is 2. The van der Waals surface area contributed by atoms with E-state index in [0.29, 0.717) is 37.8 Å². The molecule has 1 fully saturated rings. The van der Waals surface area contributed by atoms with E-state index in [1.807, 2.05) is 36.1 Å². The van der Waals surface area contributed by atoms with Gasteiger partial charge in [0.2, 0.25) is 11.8 Å². The average Bonchev–Trinajstić information content (AvgIpc) is 3.06. The molecule has 1 aromatic carbocycles. The number of aromatic nitrogens is 1. The van der Waals surface area contributed by atoms with Crippen molar-refractivity contribution in [3.05, 3.63) is 47.2 Å². The number of benzene rings is 1. The van der Waals surface area contributed by atoms with Gasteiger partial charge in [0, 0.05) is 32.2 Å². The van der Waals surface area contributed by atoms with Gasteiger partial charge in [0.25, 0.3) is 0 Å². The van der Waals surface area contributed by atoms with Crippen molar-refractivity contribution in [3.8, 4) is 0 Å². The van der Waals surface area contributed by atoms with Crippen LogP contribution in [0.5, 0.6) is 0 Å². The fourth-order valence-corrected chi connectivity index (χ4v) is 3.05. The number of nitrogens with zero attached hydrogens (tertiary/aromatic N) is 3. The van der Waals surface area contributed by atoms with Crippen molar-refractivity contribution in [3.63, 3.8) is 0 Å². The predicted molar refractivity (Wildman–Crippen MR) is 101 cm³/mol. The Hall–Kier alpha value is -2.71. The summed E-state index contributed by atoms with van der Waals surface area (Å²) >= 11 is 0. The zero-order valence-electron chi connectivity index (χ0n) is 15.6. The van der Waals surface area contributed by atoms with Crippen molar-refractivity contribution in [2.45, 2.75) is 19.9 Å². The summed E-state index contributed by atoms with van der Waals surface area (Å²) in [5.41, 5.74) is 8.08. The van der Waals surface area contributed by atoms with Gasteiger partial charge < -0.3 is 20.5 Å². The highest BCUT2D eigenvalue weighted by atomic mass is 16.5. The zero-order chi connectivity index (χ0) is 19.4. The molecular formula is C19H25N5O3. The second-order valence-corrected chi connectivity index (χ2v) is 6.86. The third kappa shape index (κ3) is 4.93. The fraction of sp³-hybridized carbons (Fsp3) is 0.421. The maximum absolute atomic E-state index is 12.6. The van der Waals surface area contributed by atoms with Gasteiger partial charge in [-0.05, 0) is 19.4 Å². The standard InChI is InChI=1S/C19H25N5O3/c1-13-3-5-15(6-4-13)18(20)19(26)24-9-7-23(8-10-24)12-17(25)21-16-11-14(2)27-22-16/h3-6,11,18H,7-10,12,20H2,1-2H3,(H,21,22,25). The predicted octanol–water partition coefficient (Wildman–Crippen LogP) is 1.07. The molecule has 0 radical (unpaired) electrons. The Morgan fingerprint density at radius 1 is 1.19 bits per heavy atom. The van der Waals surface area contributed by atoms with Gasteiger partial charge >= 0.3 is 0 Å². The van der Waals surface area contributed by atoms with E-state index in [2.05, 4.69) is 10.5 Å². The van der Waals surface area contributed by atoms with Crippen molar-refractivity contribution in [2.75, 3.05) is 38.0 Å². The van der Waals surface area contributed by atoms with E-state index in [-0.39, 0.29) is 18.4 Å². The molecule has 2 heterocycles. The van der Waals surface area contributed by atoms with E-state index in [1.165, 1.54) is 0 Å². The van der Waals surface area contributed by atoms with Crippen LogP contribution in [0.1, 0.15) is 22.9 Å². The van der Waals surface area contributed by atoms with E-state index in [0.717, 1.165) is 11.1 Å². The molecule has 2 amide bonds. The van der Waals surface area contributed by atoms with Gasteiger partial charge in [-0.25, -0.2) is 0 Å². The molecule has 0 spiro atoms. The summed E-state index contributed by atoms with van der Waals surface area (Å²) in [4.78, 5) is 28.5. The van der Waals surface area contributed by atoms with E-state index < -0.39 is 6.04 Å². The SMILES string of the molecule is Cc1ccc(C(N)C(=O)N2CCN(CC(=O)Nc3cc(C)on3)CC2)cc1. The van der Waals surface area contributed by atoms with Crippen molar-refractivity contribution < 1.29 is 14.1 Å². The highest BCUT2D eigenvalue weighted by Crippen LogP contribution is 2.16. The van der Waals surface area contributed by atoms with Gasteiger partial charge in [-0.1, -0.05) is 35.0 Å². The lowest BCUT2D eigenvalue weighted by atomic mass is 10.0. The summed E-state index contributed by atoms with van der Waals surface area (Å²) in [6, 6.07) is 8.70. The maximum atomic E-state index is 12.6. The average molecular weight is 371 g/mol. The Kier molecular flexibility index (Phi) is 5.88. The van der Waals surface area contributed by atoms with Gasteiger partial charge in [-0.3, -0.25) is 14.5 Å². The monoisotopic (exact) mass is 371 g/mol. The molecule has 1 unspecified atom stereocenters. The lowest BCUT2D eigenvalue weighted by molar-refractivity contribution is -0.134. The number of nitrogens with two attached hydrogens (primary N) is 1. The fourth-order valence-electron chi connectivity index (χ4n) is 3.05. The lowest BCUT2D eigenvalue weighted by Crippen LogP contribution is -2.52. The third-order valence-electron chi connectivity index (χ3n) is 4.65. The molecule has 2 aromatic rings. The molecule has 1 aliphatic rings. The van der Waals surface area contributed by atoms with Crippen molar-refractivity contribution >= 4 is 17.6 Å². The van der Waals surface area contributed by atoms with Gasteiger partial charge in [0.15, 0.2) is 5.82 Å². The zero-order valence-corrected chi connectivity index (χ0v) is 15.6. The Bertz CT molecular complexity index is 794. The molecule has 0 aliphatic carbocycles. The number of rotatable bonds is 5. The minimum absolute atomic E-state index is 0.0824. The topological polar surface area (TPSA) is 105 Å². The molecule has 27 heavy (non-hydrogen) atoms. The second-order valence-electron chi connectivity index (χ2n) is 6.86. The third-order valence-corrected chi connectivity index (χ3v) is 4.65. The summed E-state index contributed by atoms with van der Waals surface area (Å²) in [6.45, 7) is 6.35. The molecule has 1 saturated heterocycles. The molecule has 0 saturated carbocycles. The number of aryl methyl sites for hydroxylation is 2. The number of piperazine rings is 1. The minimum atomic E-state index is -0.657. The second kappa shape index (κ2) is 8.32. The molecule has 144 valence electrons. The first-order valence-electron chi connectivity index (χ1n) is 8.99. The highest BCUT2D eigenvalue weighted by molar-refractivity contribution is 5.91. The summed E-state index contributed by atoms with van der Waals surface area (Å²) in [5.74, 6) is 0.818. The van der Waals surface area contributed by atoms with Crippen LogP contribution in [0.15, 0.2) is 34.9 Å². The summed E-state index contributed by atoms with van der Waals surface area (Å²) in [5, 5.41) is 6.45. The first kappa shape index (κ1) is 19.1. The largest absolute Gasteiger partial charge is 0.360 e. The summed E-state index contributed by atoms with van der Waals surface area (Å²) in [7, 11) is 0. The molecular weight excluding hydrogens is 346 g/mol. The van der Waals surface area contributed by atoms with Crippen LogP contribution in [0.2, 0.25) is 0 Å². The minimum Gasteiger partial charge on any atom is -0.360 e. The molecule has 1 aliphatic heterocycles. The normalized spacial score (nSPS) is 16.2. The lowest BCUT2D eigenvalue weighted by Gasteiger charge is -2.35. The van der Waals surface area contributed by atoms with E-state index in [1.54, 1.807) is 17.9 Å². The van der Waals surface area contributed by atoms with E-state index in [4.69, 9.17) is 10.3 Å². The summed E-state index contributed by atoms with van der Waals surface area (Å²) < 4.78 is 4.93. The van der Waals surface area contributed by atoms with Gasteiger partial charge in [0.1, 0.15) is 11.8 Å². The molecule has 3 rings (SSSR count). The smallest absolute Gasteiger partial charge is 0.244 e. The van der Waals surface area contributed by atoms with Crippen molar-refractivity contribution in [1.29, 1.82) is 0 Å². The first-order valence-corrected chi connectivity index (χ1v) is 8.99. The van der Waals surface area contributed by atoms with Gasteiger partial charge in [-0.15, -0.1) is 0 Å². The molecule has 8 nitrogen and oxygen atoms in total. The van der Waals surface area contributed by atoms with Crippen LogP contribution >= 0.6 is 0 Å². The van der Waals surface area contributed by atoms with Crippen LogP contribution in [0, 0.1) is 13.8 Å². The number of hydrogen-bond acceptors (Lipinski definition) is 6. The summed E-state index contributed by atoms with van der Waals surface area (Å²) in [6.07, 6.45) is 0. The highest BCUT2D eigenvalue weighted by Gasteiger charge is 2.27. The Morgan fingerprint density at radius 3 is 2.44 bits per heavy atom. The number of carbonyl (C=O) groups excluding carboxylic acids is 2. The van der Waals surface area contributed by atoms with Crippen LogP contribution in [0.4, 0.5) is 5.82 Å². The molecule has 0 bridgehead atoms. The Balaban J connectivity index is 1.47. The number of anilines is 1. The quantitative estimate of drug-likeness (QED) is 0.815. The molecule has 3 N–H and O–H groups in total. The van der Waals surface area contributed by atoms with Crippen molar-refractivity contribution in [2.24, 2.45) is 5.73 Å². The van der Waals surface area contributed by atoms with Crippen LogP contribution < -0.4 is 11.1 Å². The van der Waals surface area contributed by atoms with Gasteiger partial charge in [0.05, 0.1) is 6.54 Å². The van der Waals surface area contributed by atoms with Crippen LogP contribution in [-0.2, 0) is 9.59 Å².